The maximum absolute atomic E-state index is 12.1. The van der Waals surface area contributed by atoms with Crippen molar-refractivity contribution in [1.29, 1.82) is 0 Å². The highest BCUT2D eigenvalue weighted by Crippen LogP contribution is 2.23. The van der Waals surface area contributed by atoms with E-state index in [1.165, 1.54) is 0 Å². The quantitative estimate of drug-likeness (QED) is 0.869. The van der Waals surface area contributed by atoms with Crippen molar-refractivity contribution in [3.8, 4) is 0 Å². The van der Waals surface area contributed by atoms with E-state index in [4.69, 9.17) is 11.6 Å². The standard InChI is InChI=1S/C16H24ClN3O2/c1-10(2)9-20(5)16(22)19-14-8-12(6-7-13(14)17)15(21)18-11(3)4/h6-8,10-11H,9H2,1-5H3,(H,18,21)(H,19,22). The molecule has 0 unspecified atom stereocenters. The van der Waals surface area contributed by atoms with Crippen molar-refractivity contribution in [2.75, 3.05) is 18.9 Å². The number of hydrogen-bond acceptors (Lipinski definition) is 2. The molecule has 0 aliphatic rings. The summed E-state index contributed by atoms with van der Waals surface area (Å²) in [6, 6.07) is 4.61. The summed E-state index contributed by atoms with van der Waals surface area (Å²) in [5.41, 5.74) is 0.888. The van der Waals surface area contributed by atoms with E-state index in [0.717, 1.165) is 0 Å². The van der Waals surface area contributed by atoms with Crippen LogP contribution in [0.4, 0.5) is 10.5 Å². The Morgan fingerprint density at radius 3 is 2.41 bits per heavy atom. The van der Waals surface area contributed by atoms with Crippen molar-refractivity contribution in [2.24, 2.45) is 5.92 Å². The lowest BCUT2D eigenvalue weighted by Crippen LogP contribution is -2.34. The normalized spacial score (nSPS) is 10.7. The maximum atomic E-state index is 12.1. The number of halogens is 1. The molecule has 22 heavy (non-hydrogen) atoms. The molecule has 0 aromatic heterocycles. The molecule has 0 radical (unpaired) electrons. The van der Waals surface area contributed by atoms with Gasteiger partial charge in [-0.2, -0.15) is 0 Å². The van der Waals surface area contributed by atoms with Gasteiger partial charge in [-0.05, 0) is 38.0 Å². The van der Waals surface area contributed by atoms with Crippen LogP contribution in [0.1, 0.15) is 38.1 Å². The van der Waals surface area contributed by atoms with Gasteiger partial charge in [0.05, 0.1) is 10.7 Å². The summed E-state index contributed by atoms with van der Waals surface area (Å²) < 4.78 is 0. The Bertz CT molecular complexity index is 544. The molecule has 5 nitrogen and oxygen atoms in total. The van der Waals surface area contributed by atoms with Crippen molar-refractivity contribution in [2.45, 2.75) is 33.7 Å². The van der Waals surface area contributed by atoms with Gasteiger partial charge in [-0.1, -0.05) is 25.4 Å². The lowest BCUT2D eigenvalue weighted by atomic mass is 10.1. The van der Waals surface area contributed by atoms with Crippen LogP contribution in [0.2, 0.25) is 5.02 Å². The van der Waals surface area contributed by atoms with Crippen LogP contribution in [-0.2, 0) is 0 Å². The number of nitrogens with one attached hydrogen (secondary N) is 2. The Morgan fingerprint density at radius 1 is 1.23 bits per heavy atom. The number of anilines is 1. The number of carbonyl (C=O) groups is 2. The van der Waals surface area contributed by atoms with Gasteiger partial charge in [0.15, 0.2) is 0 Å². The summed E-state index contributed by atoms with van der Waals surface area (Å²) in [5, 5.41) is 5.94. The zero-order valence-electron chi connectivity index (χ0n) is 13.7. The zero-order chi connectivity index (χ0) is 16.9. The predicted octanol–water partition coefficient (Wildman–Crippen LogP) is 3.60. The second-order valence-electron chi connectivity index (χ2n) is 6.03. The molecule has 0 aliphatic carbocycles. The largest absolute Gasteiger partial charge is 0.350 e. The fraction of sp³-hybridized carbons (Fsp3) is 0.500. The molecule has 1 aromatic rings. The summed E-state index contributed by atoms with van der Waals surface area (Å²) >= 11 is 6.10. The van der Waals surface area contributed by atoms with Crippen LogP contribution in [0.25, 0.3) is 0 Å². The fourth-order valence-electron chi connectivity index (χ4n) is 1.95. The molecule has 6 heteroatoms. The van der Waals surface area contributed by atoms with E-state index < -0.39 is 0 Å². The first kappa shape index (κ1) is 18.3. The molecule has 2 N–H and O–H groups in total. The van der Waals surface area contributed by atoms with Gasteiger partial charge in [0, 0.05) is 25.2 Å². The monoisotopic (exact) mass is 325 g/mol. The molecule has 0 atom stereocenters. The van der Waals surface area contributed by atoms with Crippen LogP contribution in [0.5, 0.6) is 0 Å². The Labute approximate surface area is 137 Å². The molecule has 3 amide bonds. The first-order chi connectivity index (χ1) is 10.2. The minimum Gasteiger partial charge on any atom is -0.350 e. The SMILES string of the molecule is CC(C)CN(C)C(=O)Nc1cc(C(=O)NC(C)C)ccc1Cl. The van der Waals surface area contributed by atoms with Crippen LogP contribution in [-0.4, -0.2) is 36.5 Å². The molecule has 1 aromatic carbocycles. The van der Waals surface area contributed by atoms with E-state index in [9.17, 15) is 9.59 Å². The topological polar surface area (TPSA) is 61.4 Å². The summed E-state index contributed by atoms with van der Waals surface area (Å²) in [6.07, 6.45) is 0. The Morgan fingerprint density at radius 2 is 1.86 bits per heavy atom. The van der Waals surface area contributed by atoms with Crippen molar-refractivity contribution in [3.63, 3.8) is 0 Å². The summed E-state index contributed by atoms with van der Waals surface area (Å²) in [5.74, 6) is 0.173. The Balaban J connectivity index is 2.86. The second-order valence-corrected chi connectivity index (χ2v) is 6.43. The molecule has 122 valence electrons. The van der Waals surface area contributed by atoms with E-state index in [-0.39, 0.29) is 18.0 Å². The third-order valence-corrected chi connectivity index (χ3v) is 3.21. The van der Waals surface area contributed by atoms with E-state index in [2.05, 4.69) is 10.6 Å². The molecule has 0 saturated carbocycles. The average molecular weight is 326 g/mol. The second kappa shape index (κ2) is 8.03. The highest BCUT2D eigenvalue weighted by atomic mass is 35.5. The van der Waals surface area contributed by atoms with Gasteiger partial charge in [-0.3, -0.25) is 4.79 Å². The van der Waals surface area contributed by atoms with Gasteiger partial charge in [0.2, 0.25) is 0 Å². The molecule has 0 heterocycles. The molecule has 0 spiro atoms. The van der Waals surface area contributed by atoms with Gasteiger partial charge >= 0.3 is 6.03 Å². The molecule has 0 bridgehead atoms. The number of nitrogens with zero attached hydrogens (tertiary/aromatic N) is 1. The van der Waals surface area contributed by atoms with Crippen molar-refractivity contribution < 1.29 is 9.59 Å². The van der Waals surface area contributed by atoms with Crippen molar-refractivity contribution in [1.82, 2.24) is 10.2 Å². The summed E-state index contributed by atoms with van der Waals surface area (Å²) in [4.78, 5) is 25.7. The number of amides is 3. The van der Waals surface area contributed by atoms with E-state index >= 15 is 0 Å². The number of benzene rings is 1. The zero-order valence-corrected chi connectivity index (χ0v) is 14.5. The number of carbonyl (C=O) groups excluding carboxylic acids is 2. The Hall–Kier alpha value is -1.75. The molecule has 0 saturated heterocycles. The lowest BCUT2D eigenvalue weighted by Gasteiger charge is -2.20. The third kappa shape index (κ3) is 5.56. The summed E-state index contributed by atoms with van der Waals surface area (Å²) in [7, 11) is 1.72. The molecular formula is C16H24ClN3O2. The lowest BCUT2D eigenvalue weighted by molar-refractivity contribution is 0.0943. The van der Waals surface area contributed by atoms with E-state index in [1.807, 2.05) is 27.7 Å². The van der Waals surface area contributed by atoms with Gasteiger partial charge in [0.1, 0.15) is 0 Å². The predicted molar refractivity (Wildman–Crippen MR) is 90.5 cm³/mol. The molecule has 0 aliphatic heterocycles. The Kier molecular flexibility index (Phi) is 6.68. The molecule has 0 fully saturated rings. The van der Waals surface area contributed by atoms with Crippen molar-refractivity contribution >= 4 is 29.2 Å². The first-order valence-electron chi connectivity index (χ1n) is 7.33. The van der Waals surface area contributed by atoms with Crippen LogP contribution in [0, 0.1) is 5.92 Å². The average Bonchev–Trinajstić information content (AvgIpc) is 2.39. The third-order valence-electron chi connectivity index (χ3n) is 2.88. The minimum absolute atomic E-state index is 0.0402. The van der Waals surface area contributed by atoms with Gasteiger partial charge in [-0.25, -0.2) is 4.79 Å². The van der Waals surface area contributed by atoms with Crippen LogP contribution in [0.3, 0.4) is 0 Å². The first-order valence-corrected chi connectivity index (χ1v) is 7.71. The minimum atomic E-state index is -0.253. The fourth-order valence-corrected chi connectivity index (χ4v) is 2.11. The maximum Gasteiger partial charge on any atom is 0.321 e. The molecule has 1 rings (SSSR count). The van der Waals surface area contributed by atoms with Gasteiger partial charge in [-0.15, -0.1) is 0 Å². The highest BCUT2D eigenvalue weighted by molar-refractivity contribution is 6.33. The van der Waals surface area contributed by atoms with Crippen molar-refractivity contribution in [3.05, 3.63) is 28.8 Å². The van der Waals surface area contributed by atoms with E-state index in [0.29, 0.717) is 28.7 Å². The van der Waals surface area contributed by atoms with Crippen LogP contribution in [0.15, 0.2) is 18.2 Å². The molecular weight excluding hydrogens is 302 g/mol. The smallest absolute Gasteiger partial charge is 0.321 e. The van der Waals surface area contributed by atoms with E-state index in [1.54, 1.807) is 30.1 Å². The number of hydrogen-bond donors (Lipinski definition) is 2. The van der Waals surface area contributed by atoms with Crippen LogP contribution < -0.4 is 10.6 Å². The van der Waals surface area contributed by atoms with Crippen LogP contribution >= 0.6 is 11.6 Å². The number of urea groups is 1. The van der Waals surface area contributed by atoms with Gasteiger partial charge in [0.25, 0.3) is 5.91 Å². The summed E-state index contributed by atoms with van der Waals surface area (Å²) in [6.45, 7) is 8.48. The number of rotatable bonds is 5. The highest BCUT2D eigenvalue weighted by Gasteiger charge is 2.14. The van der Waals surface area contributed by atoms with Gasteiger partial charge < -0.3 is 15.5 Å².